The van der Waals surface area contributed by atoms with Crippen LogP contribution >= 0.6 is 0 Å². The van der Waals surface area contributed by atoms with Crippen LogP contribution in [0.4, 0.5) is 0 Å². The van der Waals surface area contributed by atoms with Crippen molar-refractivity contribution in [2.24, 2.45) is 10.8 Å². The van der Waals surface area contributed by atoms with E-state index in [0.717, 1.165) is 18.4 Å². The molecule has 5 heteroatoms. The van der Waals surface area contributed by atoms with Crippen LogP contribution in [0.15, 0.2) is 11.6 Å². The van der Waals surface area contributed by atoms with E-state index in [2.05, 4.69) is 0 Å². The van der Waals surface area contributed by atoms with Crippen LogP contribution in [-0.2, 0) is 4.74 Å². The maximum Gasteiger partial charge on any atom is 0.205 e. The number of nitrogens with zero attached hydrogens (tertiary/aromatic N) is 4. The Balaban J connectivity index is 2.66. The summed E-state index contributed by atoms with van der Waals surface area (Å²) in [6.45, 7) is 0.444. The van der Waals surface area contributed by atoms with E-state index in [-0.39, 0.29) is 6.42 Å². The van der Waals surface area contributed by atoms with Crippen molar-refractivity contribution < 1.29 is 4.74 Å². The van der Waals surface area contributed by atoms with Gasteiger partial charge in [-0.1, -0.05) is 6.08 Å². The van der Waals surface area contributed by atoms with Crippen LogP contribution in [0.3, 0.4) is 0 Å². The van der Waals surface area contributed by atoms with Gasteiger partial charge < -0.3 is 4.74 Å². The lowest BCUT2D eigenvalue weighted by Gasteiger charge is -2.43. The first-order valence-electron chi connectivity index (χ1n) is 5.65. The summed E-state index contributed by atoms with van der Waals surface area (Å²) in [5, 5.41) is 37.3. The Bertz CT molecular complexity index is 536. The molecule has 5 nitrogen and oxygen atoms in total. The summed E-state index contributed by atoms with van der Waals surface area (Å²) in [4.78, 5) is 0. The van der Waals surface area contributed by atoms with E-state index in [1.54, 1.807) is 6.08 Å². The molecule has 18 heavy (non-hydrogen) atoms. The van der Waals surface area contributed by atoms with E-state index in [1.807, 2.05) is 24.3 Å². The number of allylic oxidation sites excluding steroid dienone is 1. The molecule has 1 heterocycles. The smallest absolute Gasteiger partial charge is 0.205 e. The molecule has 1 aliphatic heterocycles. The van der Waals surface area contributed by atoms with Crippen molar-refractivity contribution >= 4 is 0 Å². The third kappa shape index (κ3) is 1.26. The van der Waals surface area contributed by atoms with Crippen molar-refractivity contribution in [3.63, 3.8) is 0 Å². The van der Waals surface area contributed by atoms with E-state index < -0.39 is 16.9 Å². The summed E-state index contributed by atoms with van der Waals surface area (Å²) in [6, 6.07) is 7.50. The number of hydrogen-bond acceptors (Lipinski definition) is 5. The van der Waals surface area contributed by atoms with Crippen LogP contribution in [0.2, 0.25) is 0 Å². The Hall–Kier alpha value is -2.34. The van der Waals surface area contributed by atoms with E-state index >= 15 is 0 Å². The van der Waals surface area contributed by atoms with Gasteiger partial charge in [0.05, 0.1) is 24.3 Å². The lowest BCUT2D eigenvalue weighted by Crippen LogP contribution is -2.52. The molecule has 0 bridgehead atoms. The zero-order valence-corrected chi connectivity index (χ0v) is 9.68. The van der Waals surface area contributed by atoms with Crippen molar-refractivity contribution in [3.8, 4) is 24.3 Å². The molecule has 1 fully saturated rings. The van der Waals surface area contributed by atoms with Crippen molar-refractivity contribution in [3.05, 3.63) is 11.6 Å². The number of ether oxygens (including phenoxy) is 1. The van der Waals surface area contributed by atoms with E-state index in [1.165, 1.54) is 0 Å². The molecule has 1 saturated heterocycles. The largest absolute Gasteiger partial charge is 0.371 e. The van der Waals surface area contributed by atoms with Gasteiger partial charge in [0.25, 0.3) is 0 Å². The van der Waals surface area contributed by atoms with Gasteiger partial charge in [0.15, 0.2) is 5.41 Å². The molecule has 2 rings (SSSR count). The fraction of sp³-hybridized carbons (Fsp3) is 0.538. The Morgan fingerprint density at radius 1 is 1.11 bits per heavy atom. The van der Waals surface area contributed by atoms with Crippen molar-refractivity contribution in [1.82, 2.24) is 0 Å². The first-order chi connectivity index (χ1) is 8.69. The van der Waals surface area contributed by atoms with Gasteiger partial charge in [-0.15, -0.1) is 0 Å². The molecule has 1 unspecified atom stereocenters. The summed E-state index contributed by atoms with van der Waals surface area (Å²) in [7, 11) is 0. The molecule has 1 aliphatic carbocycles. The molecular weight excluding hydrogens is 228 g/mol. The number of rotatable bonds is 0. The molecule has 1 atom stereocenters. The SMILES string of the molecule is N#CC1(C#N)CC=C2CCCOC2C1(C#N)C#N. The fourth-order valence-electron chi connectivity index (χ4n) is 2.62. The Morgan fingerprint density at radius 2 is 1.78 bits per heavy atom. The van der Waals surface area contributed by atoms with Crippen LogP contribution in [-0.4, -0.2) is 12.7 Å². The summed E-state index contributed by atoms with van der Waals surface area (Å²) in [5.41, 5.74) is -2.52. The fourth-order valence-corrected chi connectivity index (χ4v) is 2.62. The molecule has 0 spiro atoms. The molecule has 0 radical (unpaired) electrons. The second-order valence-electron chi connectivity index (χ2n) is 4.50. The Morgan fingerprint density at radius 3 is 2.33 bits per heavy atom. The highest BCUT2D eigenvalue weighted by Crippen LogP contribution is 2.52. The average molecular weight is 238 g/mol. The minimum atomic E-state index is -1.74. The molecular formula is C13H10N4O. The molecule has 0 saturated carbocycles. The van der Waals surface area contributed by atoms with Crippen molar-refractivity contribution in [2.45, 2.75) is 25.4 Å². The normalized spacial score (nSPS) is 27.3. The highest BCUT2D eigenvalue weighted by Gasteiger charge is 2.62. The minimum Gasteiger partial charge on any atom is -0.371 e. The second-order valence-corrected chi connectivity index (χ2v) is 4.50. The van der Waals surface area contributed by atoms with E-state index in [4.69, 9.17) is 4.74 Å². The van der Waals surface area contributed by atoms with Gasteiger partial charge in [-0.2, -0.15) is 21.0 Å². The van der Waals surface area contributed by atoms with Crippen molar-refractivity contribution in [2.75, 3.05) is 6.61 Å². The monoisotopic (exact) mass is 238 g/mol. The molecule has 0 aromatic rings. The molecule has 2 aliphatic rings. The van der Waals surface area contributed by atoms with Gasteiger partial charge in [0.2, 0.25) is 5.41 Å². The zero-order chi connectivity index (χ0) is 13.2. The summed E-state index contributed by atoms with van der Waals surface area (Å²) in [5.74, 6) is 0. The molecule has 0 aromatic heterocycles. The van der Waals surface area contributed by atoms with Crippen LogP contribution in [0.25, 0.3) is 0 Å². The highest BCUT2D eigenvalue weighted by molar-refractivity contribution is 5.44. The standard InChI is InChI=1S/C13H10N4O/c14-6-12(7-15)4-3-10-2-1-5-18-11(10)13(12,8-16)9-17/h3,11H,1-2,4-5H2. The van der Waals surface area contributed by atoms with E-state index in [0.29, 0.717) is 6.61 Å². The average Bonchev–Trinajstić information content (AvgIpc) is 2.46. The van der Waals surface area contributed by atoms with Crippen LogP contribution < -0.4 is 0 Å². The Labute approximate surface area is 105 Å². The number of nitriles is 4. The number of fused-ring (bicyclic) bond motifs is 1. The zero-order valence-electron chi connectivity index (χ0n) is 9.68. The summed E-state index contributed by atoms with van der Waals surface area (Å²) in [6.07, 6.45) is 2.72. The second kappa shape index (κ2) is 4.15. The highest BCUT2D eigenvalue weighted by atomic mass is 16.5. The number of hydrogen-bond donors (Lipinski definition) is 0. The van der Waals surface area contributed by atoms with Gasteiger partial charge in [-0.3, -0.25) is 0 Å². The maximum atomic E-state index is 9.40. The van der Waals surface area contributed by atoms with Gasteiger partial charge in [-0.05, 0) is 18.4 Å². The third-order valence-electron chi connectivity index (χ3n) is 3.70. The maximum absolute atomic E-state index is 9.40. The Kier molecular flexibility index (Phi) is 2.80. The minimum absolute atomic E-state index is 0.107. The summed E-state index contributed by atoms with van der Waals surface area (Å²) >= 11 is 0. The predicted octanol–water partition coefficient (Wildman–Crippen LogP) is 1.56. The predicted molar refractivity (Wildman–Crippen MR) is 59.0 cm³/mol. The first-order valence-corrected chi connectivity index (χ1v) is 5.65. The summed E-state index contributed by atoms with van der Waals surface area (Å²) < 4.78 is 5.52. The van der Waals surface area contributed by atoms with Crippen LogP contribution in [0.1, 0.15) is 19.3 Å². The lowest BCUT2D eigenvalue weighted by atomic mass is 9.56. The molecule has 88 valence electrons. The van der Waals surface area contributed by atoms with Gasteiger partial charge in [0.1, 0.15) is 6.10 Å². The third-order valence-corrected chi connectivity index (χ3v) is 3.70. The van der Waals surface area contributed by atoms with Crippen molar-refractivity contribution in [1.29, 1.82) is 21.0 Å². The first kappa shape index (κ1) is 12.1. The van der Waals surface area contributed by atoms with Gasteiger partial charge in [-0.25, -0.2) is 0 Å². The molecule has 0 aromatic carbocycles. The van der Waals surface area contributed by atoms with Crippen LogP contribution in [0, 0.1) is 56.2 Å². The van der Waals surface area contributed by atoms with Crippen LogP contribution in [0.5, 0.6) is 0 Å². The quantitative estimate of drug-likeness (QED) is 0.595. The van der Waals surface area contributed by atoms with Gasteiger partial charge >= 0.3 is 0 Å². The topological polar surface area (TPSA) is 104 Å². The van der Waals surface area contributed by atoms with Gasteiger partial charge in [0, 0.05) is 13.0 Å². The molecule has 0 amide bonds. The lowest BCUT2D eigenvalue weighted by molar-refractivity contribution is -0.0237. The van der Waals surface area contributed by atoms with E-state index in [9.17, 15) is 21.0 Å². The molecule has 0 N–H and O–H groups in total.